The van der Waals surface area contributed by atoms with Gasteiger partial charge in [-0.25, -0.2) is 14.4 Å². The van der Waals surface area contributed by atoms with Crippen LogP contribution in [0.5, 0.6) is 23.0 Å². The average Bonchev–Trinajstić information content (AvgIpc) is 3.23. The van der Waals surface area contributed by atoms with Crippen molar-refractivity contribution in [2.75, 3.05) is 19.8 Å². The fourth-order valence-electron chi connectivity index (χ4n) is 7.21. The SMILES string of the molecule is C=C[C@H]1C(OC2OC(COC(C)=O)C(OC(=O)c3cccc(O[C@@H]4O[C@H](CO)[C@@H](O)[C@H](O)[C@H]4O)c3O)C(OC(C)=O)C2OC(=O)c2cccc(O)c2O)OC=C2C(=O)OCC[C@H]21. The van der Waals surface area contributed by atoms with E-state index >= 15 is 0 Å². The van der Waals surface area contributed by atoms with Crippen LogP contribution in [-0.2, 0) is 57.0 Å². The number of esters is 5. The summed E-state index contributed by atoms with van der Waals surface area (Å²) in [6.45, 7) is 4.41. The van der Waals surface area contributed by atoms with E-state index in [0.29, 0.717) is 6.42 Å². The highest BCUT2D eigenvalue weighted by Gasteiger charge is 2.55. The standard InChI is InChI=1S/C40H44O22/c1-4-18-19-11-12-53-35(50)22(19)14-55-38(18)62-40-34(61-36(51)20-7-5-9-23(44)27(20)45)33(56-17(3)43)32(26(59-40)15-54-16(2)42)60-37(52)21-8-6-10-24(28(21)46)57-39-31(49)30(48)29(47)25(13-41)58-39/h4-10,14,18-19,25-26,29-34,38-41,44-49H,1,11-13,15H2,2-3H3/t18-,19+,25-,26?,29-,30+,31-,32?,33?,34?,38?,39-,40?/m1/s1. The zero-order valence-electron chi connectivity index (χ0n) is 32.9. The number of ether oxygens (including phenoxy) is 10. The van der Waals surface area contributed by atoms with E-state index in [-0.39, 0.29) is 12.2 Å². The van der Waals surface area contributed by atoms with Crippen LogP contribution in [0.3, 0.4) is 0 Å². The van der Waals surface area contributed by atoms with Crippen molar-refractivity contribution in [2.45, 2.75) is 88.0 Å². The molecule has 2 aromatic carbocycles. The molecule has 6 unspecified atom stereocenters. The molecule has 0 aromatic heterocycles. The van der Waals surface area contributed by atoms with Gasteiger partial charge in [-0.2, -0.15) is 0 Å². The number of carbonyl (C=O) groups excluding carboxylic acids is 5. The number of phenols is 3. The number of hydrogen-bond donors (Lipinski definition) is 7. The van der Waals surface area contributed by atoms with Gasteiger partial charge in [-0.15, -0.1) is 6.58 Å². The second kappa shape index (κ2) is 19.4. The first-order valence-corrected chi connectivity index (χ1v) is 19.0. The maximum absolute atomic E-state index is 14.0. The molecule has 0 saturated carbocycles. The lowest BCUT2D eigenvalue weighted by Gasteiger charge is -2.46. The second-order valence-corrected chi connectivity index (χ2v) is 14.4. The van der Waals surface area contributed by atoms with Crippen molar-refractivity contribution in [3.8, 4) is 23.0 Å². The fraction of sp³-hybridized carbons (Fsp3) is 0.475. The molecule has 4 heterocycles. The van der Waals surface area contributed by atoms with E-state index in [4.69, 9.17) is 47.4 Å². The van der Waals surface area contributed by atoms with E-state index in [1.807, 2.05) is 0 Å². The molecular weight excluding hydrogens is 832 g/mol. The van der Waals surface area contributed by atoms with E-state index in [9.17, 15) is 59.7 Å². The Kier molecular flexibility index (Phi) is 14.2. The molecule has 22 nitrogen and oxygen atoms in total. The number of phenolic OH excluding ortho intramolecular Hbond substituents is 3. The van der Waals surface area contributed by atoms with E-state index in [1.54, 1.807) is 0 Å². The Morgan fingerprint density at radius 3 is 2.11 bits per heavy atom. The topological polar surface area (TPSA) is 319 Å². The molecule has 4 aliphatic heterocycles. The van der Waals surface area contributed by atoms with Gasteiger partial charge in [0, 0.05) is 25.7 Å². The number of rotatable bonds is 13. The van der Waals surface area contributed by atoms with Crippen molar-refractivity contribution in [3.63, 3.8) is 0 Å². The highest BCUT2D eigenvalue weighted by Crippen LogP contribution is 2.41. The van der Waals surface area contributed by atoms with Crippen LogP contribution >= 0.6 is 0 Å². The quantitative estimate of drug-likeness (QED) is 0.0581. The van der Waals surface area contributed by atoms with Crippen molar-refractivity contribution in [1.29, 1.82) is 0 Å². The third kappa shape index (κ3) is 9.55. The molecule has 0 amide bonds. The summed E-state index contributed by atoms with van der Waals surface area (Å²) in [5.41, 5.74) is -1.01. The minimum atomic E-state index is -1.95. The number of fused-ring (bicyclic) bond motifs is 1. The van der Waals surface area contributed by atoms with Gasteiger partial charge in [-0.3, -0.25) is 9.59 Å². The van der Waals surface area contributed by atoms with Crippen LogP contribution in [0.1, 0.15) is 41.0 Å². The van der Waals surface area contributed by atoms with Gasteiger partial charge in [-0.1, -0.05) is 18.2 Å². The highest BCUT2D eigenvalue weighted by atomic mass is 16.8. The predicted molar refractivity (Wildman–Crippen MR) is 198 cm³/mol. The lowest BCUT2D eigenvalue weighted by atomic mass is 9.81. The average molecular weight is 877 g/mol. The van der Waals surface area contributed by atoms with Gasteiger partial charge >= 0.3 is 29.8 Å². The fourth-order valence-corrected chi connectivity index (χ4v) is 7.21. The lowest BCUT2D eigenvalue weighted by Crippen LogP contribution is -2.64. The summed E-state index contributed by atoms with van der Waals surface area (Å²) in [5.74, 6) is -9.53. The molecule has 62 heavy (non-hydrogen) atoms. The summed E-state index contributed by atoms with van der Waals surface area (Å²) in [6.07, 6.45) is -16.3. The molecule has 0 spiro atoms. The van der Waals surface area contributed by atoms with Crippen molar-refractivity contribution in [3.05, 3.63) is 72.0 Å². The lowest BCUT2D eigenvalue weighted by molar-refractivity contribution is -0.338. The monoisotopic (exact) mass is 876 g/mol. The molecule has 0 radical (unpaired) electrons. The van der Waals surface area contributed by atoms with Gasteiger partial charge < -0.3 is 83.1 Å². The zero-order chi connectivity index (χ0) is 45.0. The molecular formula is C40H44O22. The largest absolute Gasteiger partial charge is 0.504 e. The minimum absolute atomic E-state index is 0.0653. The van der Waals surface area contributed by atoms with Gasteiger partial charge in [0.25, 0.3) is 0 Å². The molecule has 13 atom stereocenters. The summed E-state index contributed by atoms with van der Waals surface area (Å²) in [5, 5.41) is 72.3. The van der Waals surface area contributed by atoms with Crippen LogP contribution in [0, 0.1) is 11.8 Å². The van der Waals surface area contributed by atoms with Crippen molar-refractivity contribution in [1.82, 2.24) is 0 Å². The predicted octanol–water partition coefficient (Wildman–Crippen LogP) is -0.425. The third-order valence-electron chi connectivity index (χ3n) is 10.3. The Balaban J connectivity index is 1.36. The maximum atomic E-state index is 14.0. The van der Waals surface area contributed by atoms with Crippen LogP contribution in [0.25, 0.3) is 0 Å². The molecule has 336 valence electrons. The Bertz CT molecular complexity index is 2050. The third-order valence-corrected chi connectivity index (χ3v) is 10.3. The molecule has 7 N–H and O–H groups in total. The smallest absolute Gasteiger partial charge is 0.342 e. The Hall–Kier alpha value is -6.01. The molecule has 22 heteroatoms. The molecule has 2 aromatic rings. The first-order valence-electron chi connectivity index (χ1n) is 19.0. The second-order valence-electron chi connectivity index (χ2n) is 14.4. The molecule has 0 bridgehead atoms. The number of benzene rings is 2. The number of aromatic hydroxyl groups is 3. The Morgan fingerprint density at radius 1 is 0.790 bits per heavy atom. The van der Waals surface area contributed by atoms with Crippen molar-refractivity contribution in [2.24, 2.45) is 11.8 Å². The van der Waals surface area contributed by atoms with E-state index < -0.39 is 157 Å². The Labute approximate surface area is 351 Å². The summed E-state index contributed by atoms with van der Waals surface area (Å²) < 4.78 is 56.6. The molecule has 4 aliphatic rings. The summed E-state index contributed by atoms with van der Waals surface area (Å²) in [7, 11) is 0. The number of hydrogen-bond acceptors (Lipinski definition) is 22. The number of para-hydroxylation sites is 2. The normalized spacial score (nSPS) is 31.7. The highest BCUT2D eigenvalue weighted by molar-refractivity contribution is 5.94. The van der Waals surface area contributed by atoms with Crippen LogP contribution in [-0.4, -0.2) is 153 Å². The van der Waals surface area contributed by atoms with Crippen LogP contribution in [0.4, 0.5) is 0 Å². The summed E-state index contributed by atoms with van der Waals surface area (Å²) >= 11 is 0. The van der Waals surface area contributed by atoms with Gasteiger partial charge in [0.2, 0.25) is 18.9 Å². The zero-order valence-corrected chi connectivity index (χ0v) is 32.9. The van der Waals surface area contributed by atoms with E-state index in [2.05, 4.69) is 6.58 Å². The van der Waals surface area contributed by atoms with Gasteiger partial charge in [0.15, 0.2) is 41.3 Å². The number of cyclic esters (lactones) is 1. The first-order chi connectivity index (χ1) is 29.5. The van der Waals surface area contributed by atoms with Crippen molar-refractivity contribution >= 4 is 29.8 Å². The summed E-state index contributed by atoms with van der Waals surface area (Å²) in [6, 6.07) is 6.79. The van der Waals surface area contributed by atoms with Gasteiger partial charge in [0.05, 0.1) is 25.0 Å². The minimum Gasteiger partial charge on any atom is -0.504 e. The van der Waals surface area contributed by atoms with Crippen LogP contribution in [0.2, 0.25) is 0 Å². The van der Waals surface area contributed by atoms with Gasteiger partial charge in [-0.05, 0) is 30.7 Å². The molecule has 3 saturated heterocycles. The van der Waals surface area contributed by atoms with E-state index in [0.717, 1.165) is 44.4 Å². The van der Waals surface area contributed by atoms with Crippen LogP contribution < -0.4 is 4.74 Å². The number of aliphatic hydroxyl groups is 4. The Morgan fingerprint density at radius 2 is 1.45 bits per heavy atom. The first kappa shape index (κ1) is 45.5. The van der Waals surface area contributed by atoms with Crippen LogP contribution in [0.15, 0.2) is 60.9 Å². The molecule has 0 aliphatic carbocycles. The van der Waals surface area contributed by atoms with Crippen molar-refractivity contribution < 1.29 is 107 Å². The number of carbonyl (C=O) groups is 5. The number of aliphatic hydroxyl groups excluding tert-OH is 4. The molecule has 3 fully saturated rings. The van der Waals surface area contributed by atoms with E-state index in [1.165, 1.54) is 18.2 Å². The summed E-state index contributed by atoms with van der Waals surface area (Å²) in [4.78, 5) is 65.2. The van der Waals surface area contributed by atoms with Gasteiger partial charge in [0.1, 0.15) is 48.3 Å². The molecule has 6 rings (SSSR count). The maximum Gasteiger partial charge on any atom is 0.342 e.